The van der Waals surface area contributed by atoms with Crippen molar-refractivity contribution in [1.29, 1.82) is 0 Å². The van der Waals surface area contributed by atoms with Gasteiger partial charge in [0.2, 0.25) is 0 Å². The molecular formula is C30H39NO3S. The van der Waals surface area contributed by atoms with Crippen LogP contribution in [-0.2, 0) is 9.59 Å². The summed E-state index contributed by atoms with van der Waals surface area (Å²) < 4.78 is 5.31. The number of allylic oxidation sites excluding steroid dienone is 2. The maximum absolute atomic E-state index is 13.6. The quantitative estimate of drug-likeness (QED) is 0.235. The van der Waals surface area contributed by atoms with E-state index < -0.39 is 0 Å². The number of rotatable bonds is 15. The Kier molecular flexibility index (Phi) is 10.8. The number of hydrogen-bond acceptors (Lipinski definition) is 5. The molecule has 35 heavy (non-hydrogen) atoms. The Bertz CT molecular complexity index is 963. The molecule has 0 spiro atoms. The van der Waals surface area contributed by atoms with Crippen molar-refractivity contribution in [3.63, 3.8) is 0 Å². The Hall–Kier alpha value is -2.66. The van der Waals surface area contributed by atoms with Crippen LogP contribution in [0.25, 0.3) is 0 Å². The molecule has 3 rings (SSSR count). The second-order valence-corrected chi connectivity index (χ2v) is 10.2. The summed E-state index contributed by atoms with van der Waals surface area (Å²) in [6, 6.07) is 11.8. The molecule has 0 atom stereocenters. The topological polar surface area (TPSA) is 46.6 Å². The largest absolute Gasteiger partial charge is 0.497 e. The predicted molar refractivity (Wildman–Crippen MR) is 146 cm³/mol. The lowest BCUT2D eigenvalue weighted by Crippen LogP contribution is -2.27. The molecule has 1 aliphatic rings. The molecule has 1 aliphatic heterocycles. The van der Waals surface area contributed by atoms with Gasteiger partial charge in [-0.1, -0.05) is 58.4 Å². The van der Waals surface area contributed by atoms with Crippen LogP contribution in [0.3, 0.4) is 0 Å². The highest BCUT2D eigenvalue weighted by Gasteiger charge is 2.34. The van der Waals surface area contributed by atoms with Gasteiger partial charge in [0.1, 0.15) is 5.75 Å². The van der Waals surface area contributed by atoms with Gasteiger partial charge in [0.05, 0.1) is 13.0 Å². The van der Waals surface area contributed by atoms with Gasteiger partial charge in [-0.25, -0.2) is 0 Å². The molecule has 188 valence electrons. The maximum atomic E-state index is 13.6. The monoisotopic (exact) mass is 493 g/mol. The average Bonchev–Trinajstić information content (AvgIpc) is 3.43. The van der Waals surface area contributed by atoms with Crippen LogP contribution in [0.2, 0.25) is 0 Å². The summed E-state index contributed by atoms with van der Waals surface area (Å²) in [6.07, 6.45) is 13.4. The van der Waals surface area contributed by atoms with E-state index in [-0.39, 0.29) is 17.5 Å². The summed E-state index contributed by atoms with van der Waals surface area (Å²) >= 11 is 1.62. The number of thiophene rings is 1. The van der Waals surface area contributed by atoms with Crippen LogP contribution in [0, 0.1) is 0 Å². The molecule has 0 unspecified atom stereocenters. The van der Waals surface area contributed by atoms with Crippen LogP contribution in [-0.4, -0.2) is 18.7 Å². The van der Waals surface area contributed by atoms with E-state index in [4.69, 9.17) is 4.74 Å². The number of nitrogens with zero attached hydrogens (tertiary/aromatic N) is 1. The summed E-state index contributed by atoms with van der Waals surface area (Å²) in [7, 11) is 1.64. The zero-order chi connectivity index (χ0) is 25.0. The minimum atomic E-state index is -0.290. The van der Waals surface area contributed by atoms with Crippen LogP contribution in [0.15, 0.2) is 65.3 Å². The SMILES string of the molecule is CCCCCCC(=O)C1=CN(c2ccc(OC)cc2)C=C(C(=O)CCCCCC)C1c1cccs1. The normalized spacial score (nSPS) is 14.0. The zero-order valence-electron chi connectivity index (χ0n) is 21.4. The Labute approximate surface area is 214 Å². The second kappa shape index (κ2) is 14.0. The highest BCUT2D eigenvalue weighted by atomic mass is 32.1. The average molecular weight is 494 g/mol. The second-order valence-electron chi connectivity index (χ2n) is 9.19. The molecule has 0 amide bonds. The molecule has 5 heteroatoms. The van der Waals surface area contributed by atoms with Crippen molar-refractivity contribution >= 4 is 28.6 Å². The fourth-order valence-corrected chi connectivity index (χ4v) is 5.36. The highest BCUT2D eigenvalue weighted by Crippen LogP contribution is 2.41. The lowest BCUT2D eigenvalue weighted by atomic mass is 9.81. The summed E-state index contributed by atoms with van der Waals surface area (Å²) in [5.41, 5.74) is 2.35. The Morgan fingerprint density at radius 3 is 1.86 bits per heavy atom. The molecule has 4 nitrogen and oxygen atoms in total. The molecule has 1 aromatic heterocycles. The van der Waals surface area contributed by atoms with Crippen molar-refractivity contribution in [2.45, 2.75) is 84.0 Å². The number of unbranched alkanes of at least 4 members (excludes halogenated alkanes) is 6. The third kappa shape index (κ3) is 7.41. The molecule has 0 radical (unpaired) electrons. The van der Waals surface area contributed by atoms with E-state index in [0.29, 0.717) is 12.8 Å². The van der Waals surface area contributed by atoms with Crippen molar-refractivity contribution in [3.8, 4) is 5.75 Å². The third-order valence-electron chi connectivity index (χ3n) is 6.54. The van der Waals surface area contributed by atoms with Gasteiger partial charge >= 0.3 is 0 Å². The molecule has 1 aromatic carbocycles. The number of anilines is 1. The van der Waals surface area contributed by atoms with E-state index in [0.717, 1.165) is 78.8 Å². The molecule has 2 heterocycles. The Balaban J connectivity index is 1.96. The number of ether oxygens (including phenoxy) is 1. The first-order valence-corrected chi connectivity index (χ1v) is 13.9. The van der Waals surface area contributed by atoms with Crippen LogP contribution in [0.1, 0.15) is 88.9 Å². The minimum absolute atomic E-state index is 0.141. The minimum Gasteiger partial charge on any atom is -0.497 e. The Morgan fingerprint density at radius 1 is 0.829 bits per heavy atom. The lowest BCUT2D eigenvalue weighted by molar-refractivity contribution is -0.116. The first-order valence-electron chi connectivity index (χ1n) is 13.0. The highest BCUT2D eigenvalue weighted by molar-refractivity contribution is 7.10. The molecule has 0 fully saturated rings. The molecule has 0 saturated heterocycles. The number of carbonyl (C=O) groups is 2. The van der Waals surface area contributed by atoms with Crippen molar-refractivity contribution in [3.05, 3.63) is 70.2 Å². The van der Waals surface area contributed by atoms with E-state index in [1.54, 1.807) is 18.4 Å². The van der Waals surface area contributed by atoms with E-state index in [9.17, 15) is 9.59 Å². The van der Waals surface area contributed by atoms with E-state index in [2.05, 4.69) is 19.9 Å². The van der Waals surface area contributed by atoms with Gasteiger partial charge in [-0.15, -0.1) is 11.3 Å². The standard InChI is InChI=1S/C30H39NO3S/c1-4-6-8-10-13-27(32)25-21-31(23-16-18-24(34-3)19-17-23)22-26(28(33)14-11-9-7-5-2)30(25)29-15-12-20-35-29/h12,15-22,30H,4-11,13-14H2,1-3H3. The van der Waals surface area contributed by atoms with Gasteiger partial charge in [-0.05, 0) is 48.6 Å². The van der Waals surface area contributed by atoms with Crippen LogP contribution in [0.4, 0.5) is 5.69 Å². The number of benzene rings is 1. The smallest absolute Gasteiger partial charge is 0.161 e. The number of Topliss-reactive ketones (excluding diaryl/α,β-unsaturated/α-hetero) is 2. The molecular weight excluding hydrogens is 454 g/mol. The van der Waals surface area contributed by atoms with Gasteiger partial charge in [0.15, 0.2) is 11.6 Å². The summed E-state index contributed by atoms with van der Waals surface area (Å²) in [6.45, 7) is 4.35. The number of carbonyl (C=O) groups excluding carboxylic acids is 2. The molecule has 0 bridgehead atoms. The first-order chi connectivity index (χ1) is 17.1. The Morgan fingerprint density at radius 2 is 1.40 bits per heavy atom. The van der Waals surface area contributed by atoms with Gasteiger partial charge in [-0.3, -0.25) is 9.59 Å². The maximum Gasteiger partial charge on any atom is 0.161 e. The van der Waals surface area contributed by atoms with Gasteiger partial charge in [0, 0.05) is 47.0 Å². The number of ketones is 2. The van der Waals surface area contributed by atoms with Crippen molar-refractivity contribution in [2.75, 3.05) is 12.0 Å². The van der Waals surface area contributed by atoms with Crippen molar-refractivity contribution in [1.82, 2.24) is 0 Å². The first kappa shape index (κ1) is 26.9. The zero-order valence-corrected chi connectivity index (χ0v) is 22.2. The third-order valence-corrected chi connectivity index (χ3v) is 7.47. The van der Waals surface area contributed by atoms with E-state index >= 15 is 0 Å². The van der Waals surface area contributed by atoms with Crippen molar-refractivity contribution < 1.29 is 14.3 Å². The summed E-state index contributed by atoms with van der Waals surface area (Å²) in [5.74, 6) is 0.765. The van der Waals surface area contributed by atoms with Gasteiger partial charge in [0.25, 0.3) is 0 Å². The summed E-state index contributed by atoms with van der Waals surface area (Å²) in [5, 5.41) is 2.03. The van der Waals surface area contributed by atoms with Crippen molar-refractivity contribution in [2.24, 2.45) is 0 Å². The fraction of sp³-hybridized carbons (Fsp3) is 0.467. The van der Waals surface area contributed by atoms with Crippen LogP contribution < -0.4 is 9.64 Å². The summed E-state index contributed by atoms with van der Waals surface area (Å²) in [4.78, 5) is 30.1. The number of hydrogen-bond donors (Lipinski definition) is 0. The van der Waals surface area contributed by atoms with Gasteiger partial charge < -0.3 is 9.64 Å². The lowest BCUT2D eigenvalue weighted by Gasteiger charge is -2.31. The molecule has 0 saturated carbocycles. The number of methoxy groups -OCH3 is 1. The molecule has 2 aromatic rings. The van der Waals surface area contributed by atoms with E-state index in [1.165, 1.54) is 0 Å². The fourth-order valence-electron chi connectivity index (χ4n) is 4.50. The predicted octanol–water partition coefficient (Wildman–Crippen LogP) is 8.21. The van der Waals surface area contributed by atoms with Crippen LogP contribution >= 0.6 is 11.3 Å². The van der Waals surface area contributed by atoms with E-state index in [1.807, 2.05) is 53.0 Å². The van der Waals surface area contributed by atoms with Gasteiger partial charge in [-0.2, -0.15) is 0 Å². The molecule has 0 N–H and O–H groups in total. The van der Waals surface area contributed by atoms with Crippen LogP contribution in [0.5, 0.6) is 5.75 Å². The molecule has 0 aliphatic carbocycles.